The molecule has 10 nitrogen and oxygen atoms in total. The molecule has 0 aliphatic heterocycles. The first-order valence-electron chi connectivity index (χ1n) is 10.6. The van der Waals surface area contributed by atoms with Gasteiger partial charge in [-0.3, -0.25) is 9.52 Å². The minimum atomic E-state index is -4.36. The molecule has 36 heavy (non-hydrogen) atoms. The molecule has 1 atom stereocenters. The number of sulfonamides is 1. The van der Waals surface area contributed by atoms with Crippen LogP contribution >= 0.6 is 11.6 Å². The molecule has 5 N–H and O–H groups in total. The summed E-state index contributed by atoms with van der Waals surface area (Å²) in [5.41, 5.74) is 5.38. The SMILES string of the molecule is COc1ccc(Cl)c(Nc2nc3ccccc3nc2NS(=O)(=O)C(O)Cc2cccc(C(N)=O)c2)c1. The molecule has 0 bridgehead atoms. The largest absolute Gasteiger partial charge is 0.497 e. The molecule has 1 heterocycles. The van der Waals surface area contributed by atoms with Gasteiger partial charge >= 0.3 is 0 Å². The maximum absolute atomic E-state index is 13.0. The van der Waals surface area contributed by atoms with Crippen LogP contribution in [0, 0.1) is 0 Å². The first-order chi connectivity index (χ1) is 17.2. The average Bonchev–Trinajstić information content (AvgIpc) is 2.85. The maximum atomic E-state index is 13.0. The number of nitrogens with zero attached hydrogens (tertiary/aromatic N) is 2. The molecule has 0 saturated heterocycles. The van der Waals surface area contributed by atoms with Crippen molar-refractivity contribution in [2.45, 2.75) is 11.9 Å². The van der Waals surface area contributed by atoms with Crippen molar-refractivity contribution in [2.24, 2.45) is 5.73 Å². The summed E-state index contributed by atoms with van der Waals surface area (Å²) in [5.74, 6) is -0.218. The number of nitrogens with two attached hydrogens (primary N) is 1. The third-order valence-electron chi connectivity index (χ3n) is 5.22. The molecule has 3 aromatic carbocycles. The summed E-state index contributed by atoms with van der Waals surface area (Å²) < 4.78 is 33.6. The summed E-state index contributed by atoms with van der Waals surface area (Å²) in [6, 6.07) is 17.9. The predicted molar refractivity (Wildman–Crippen MR) is 138 cm³/mol. The van der Waals surface area contributed by atoms with E-state index in [-0.39, 0.29) is 23.6 Å². The van der Waals surface area contributed by atoms with Gasteiger partial charge in [0.15, 0.2) is 17.1 Å². The highest BCUT2D eigenvalue weighted by Crippen LogP contribution is 2.32. The summed E-state index contributed by atoms with van der Waals surface area (Å²) in [7, 11) is -2.86. The van der Waals surface area contributed by atoms with Gasteiger partial charge in [-0.05, 0) is 42.0 Å². The summed E-state index contributed by atoms with van der Waals surface area (Å²) >= 11 is 6.30. The zero-order valence-corrected chi connectivity index (χ0v) is 20.5. The molecule has 1 aromatic heterocycles. The lowest BCUT2D eigenvalue weighted by Crippen LogP contribution is -2.30. The van der Waals surface area contributed by atoms with Crippen molar-refractivity contribution in [2.75, 3.05) is 17.1 Å². The van der Waals surface area contributed by atoms with E-state index in [0.717, 1.165) is 0 Å². The van der Waals surface area contributed by atoms with Gasteiger partial charge in [0.1, 0.15) is 5.75 Å². The molecule has 4 rings (SSSR count). The summed E-state index contributed by atoms with van der Waals surface area (Å²) in [6.07, 6.45) is -0.290. The molecular weight excluding hydrogens is 506 g/mol. The highest BCUT2D eigenvalue weighted by Gasteiger charge is 2.26. The number of aliphatic hydroxyl groups excluding tert-OH is 1. The quantitative estimate of drug-likeness (QED) is 0.258. The van der Waals surface area contributed by atoms with Crippen molar-refractivity contribution < 1.29 is 23.1 Å². The Labute approximate surface area is 212 Å². The minimum absolute atomic E-state index is 0.0651. The molecule has 0 radical (unpaired) electrons. The van der Waals surface area contributed by atoms with E-state index >= 15 is 0 Å². The van der Waals surface area contributed by atoms with Crippen LogP contribution in [0.2, 0.25) is 5.02 Å². The van der Waals surface area contributed by atoms with Crippen LogP contribution in [0.3, 0.4) is 0 Å². The number of amides is 1. The number of fused-ring (bicyclic) bond motifs is 1. The number of ether oxygens (including phenoxy) is 1. The number of carbonyl (C=O) groups is 1. The van der Waals surface area contributed by atoms with E-state index in [1.165, 1.54) is 19.2 Å². The van der Waals surface area contributed by atoms with Crippen LogP contribution in [-0.4, -0.2) is 41.9 Å². The zero-order chi connectivity index (χ0) is 25.9. The van der Waals surface area contributed by atoms with Crippen LogP contribution in [0.1, 0.15) is 15.9 Å². The van der Waals surface area contributed by atoms with Crippen molar-refractivity contribution >= 4 is 55.9 Å². The van der Waals surface area contributed by atoms with Crippen LogP contribution in [0.4, 0.5) is 17.3 Å². The number of rotatable bonds is 9. The smallest absolute Gasteiger partial charge is 0.261 e. The standard InChI is InChI=1S/C24H22ClN5O5S/c1-35-16-9-10-17(25)20(13-16)29-23-24(28-19-8-3-2-7-18(19)27-23)30-36(33,34)21(31)12-14-5-4-6-15(11-14)22(26)32/h2-11,13,21,31H,12H2,1H3,(H2,26,32)(H,27,29)(H,28,30). The first kappa shape index (κ1) is 25.2. The van der Waals surface area contributed by atoms with Gasteiger partial charge in [-0.1, -0.05) is 35.9 Å². The van der Waals surface area contributed by atoms with E-state index in [2.05, 4.69) is 20.0 Å². The van der Waals surface area contributed by atoms with Crippen molar-refractivity contribution in [1.82, 2.24) is 9.97 Å². The number of halogens is 1. The van der Waals surface area contributed by atoms with Gasteiger partial charge in [0.2, 0.25) is 5.91 Å². The Hall–Kier alpha value is -3.93. The highest BCUT2D eigenvalue weighted by molar-refractivity contribution is 7.93. The number of carbonyl (C=O) groups excluding carboxylic acids is 1. The van der Waals surface area contributed by atoms with E-state index in [1.807, 2.05) is 0 Å². The topological polar surface area (TPSA) is 157 Å². The second-order valence-corrected chi connectivity index (χ2v) is 10.00. The van der Waals surface area contributed by atoms with Crippen molar-refractivity contribution in [3.8, 4) is 5.75 Å². The number of benzene rings is 3. The lowest BCUT2D eigenvalue weighted by Gasteiger charge is -2.17. The monoisotopic (exact) mass is 527 g/mol. The van der Waals surface area contributed by atoms with Crippen LogP contribution in [0.15, 0.2) is 66.7 Å². The normalized spacial score (nSPS) is 12.2. The lowest BCUT2D eigenvalue weighted by atomic mass is 10.1. The molecule has 0 spiro atoms. The fourth-order valence-electron chi connectivity index (χ4n) is 3.38. The van der Waals surface area contributed by atoms with Gasteiger partial charge in [0, 0.05) is 18.1 Å². The van der Waals surface area contributed by atoms with Gasteiger partial charge < -0.3 is 20.9 Å². The van der Waals surface area contributed by atoms with E-state index in [4.69, 9.17) is 22.1 Å². The van der Waals surface area contributed by atoms with Crippen molar-refractivity contribution in [3.63, 3.8) is 0 Å². The number of anilines is 3. The van der Waals surface area contributed by atoms with Gasteiger partial charge in [0.25, 0.3) is 10.0 Å². The minimum Gasteiger partial charge on any atom is -0.497 e. The van der Waals surface area contributed by atoms with Gasteiger partial charge in [0.05, 0.1) is 28.9 Å². The zero-order valence-electron chi connectivity index (χ0n) is 19.0. The van der Waals surface area contributed by atoms with E-state index in [9.17, 15) is 18.3 Å². The van der Waals surface area contributed by atoms with Gasteiger partial charge in [-0.15, -0.1) is 0 Å². The number of aliphatic hydroxyl groups is 1. The maximum Gasteiger partial charge on any atom is 0.261 e. The fraction of sp³-hybridized carbons (Fsp3) is 0.125. The fourth-order valence-corrected chi connectivity index (χ4v) is 4.50. The molecular formula is C24H22ClN5O5S. The Kier molecular flexibility index (Phi) is 7.25. The molecule has 0 aliphatic carbocycles. The Balaban J connectivity index is 1.67. The molecule has 186 valence electrons. The molecule has 0 saturated carbocycles. The summed E-state index contributed by atoms with van der Waals surface area (Å²) in [6.45, 7) is 0. The Morgan fingerprint density at radius 2 is 1.75 bits per heavy atom. The van der Waals surface area contributed by atoms with Crippen LogP contribution < -0.4 is 20.5 Å². The third-order valence-corrected chi connectivity index (χ3v) is 6.91. The molecule has 0 fully saturated rings. The van der Waals surface area contributed by atoms with Gasteiger partial charge in [-0.25, -0.2) is 18.4 Å². The van der Waals surface area contributed by atoms with E-state index in [0.29, 0.717) is 33.1 Å². The summed E-state index contributed by atoms with van der Waals surface area (Å²) in [5, 5.41) is 13.9. The number of methoxy groups -OCH3 is 1. The number of hydrogen-bond donors (Lipinski definition) is 4. The predicted octanol–water partition coefficient (Wildman–Crippen LogP) is 3.44. The first-order valence-corrected chi connectivity index (χ1v) is 12.5. The number of hydrogen-bond acceptors (Lipinski definition) is 8. The van der Waals surface area contributed by atoms with Crippen molar-refractivity contribution in [1.29, 1.82) is 0 Å². The number of nitrogens with one attached hydrogen (secondary N) is 2. The second-order valence-electron chi connectivity index (χ2n) is 7.75. The van der Waals surface area contributed by atoms with Crippen molar-refractivity contribution in [3.05, 3.63) is 82.9 Å². The Morgan fingerprint density at radius 3 is 2.42 bits per heavy atom. The number of primary amides is 1. The Bertz CT molecular complexity index is 1550. The molecule has 1 unspecified atom stereocenters. The average molecular weight is 528 g/mol. The third kappa shape index (κ3) is 5.65. The molecule has 0 aliphatic rings. The summed E-state index contributed by atoms with van der Waals surface area (Å²) in [4.78, 5) is 20.3. The lowest BCUT2D eigenvalue weighted by molar-refractivity contribution is 0.1000. The van der Waals surface area contributed by atoms with Crippen LogP contribution in [0.25, 0.3) is 11.0 Å². The highest BCUT2D eigenvalue weighted by atomic mass is 35.5. The van der Waals surface area contributed by atoms with E-state index < -0.39 is 21.4 Å². The molecule has 4 aromatic rings. The van der Waals surface area contributed by atoms with Crippen LogP contribution in [0.5, 0.6) is 5.75 Å². The molecule has 1 amide bonds. The van der Waals surface area contributed by atoms with E-state index in [1.54, 1.807) is 54.6 Å². The Morgan fingerprint density at radius 1 is 1.06 bits per heavy atom. The number of para-hydroxylation sites is 2. The van der Waals surface area contributed by atoms with Crippen LogP contribution in [-0.2, 0) is 16.4 Å². The van der Waals surface area contributed by atoms with Gasteiger partial charge in [-0.2, -0.15) is 0 Å². The molecule has 12 heteroatoms. The second kappa shape index (κ2) is 10.4. The number of aromatic nitrogens is 2.